The van der Waals surface area contributed by atoms with Crippen LogP contribution in [0, 0.1) is 0 Å². The Hall–Kier alpha value is -0.910. The summed E-state index contributed by atoms with van der Waals surface area (Å²) in [6, 6.07) is 0. The number of likely N-dealkylation sites (N-methyl/N-ethyl adjacent to an activating group) is 2. The van der Waals surface area contributed by atoms with Gasteiger partial charge in [-0.25, -0.2) is 0 Å². The third kappa shape index (κ3) is 6.18. The number of nitrogens with zero attached hydrogens (tertiary/aromatic N) is 2. The van der Waals surface area contributed by atoms with Crippen molar-refractivity contribution in [3.63, 3.8) is 0 Å². The van der Waals surface area contributed by atoms with Gasteiger partial charge in [-0.15, -0.1) is 0 Å². The van der Waals surface area contributed by atoms with Gasteiger partial charge in [0.1, 0.15) is 0 Å². The van der Waals surface area contributed by atoms with Gasteiger partial charge in [0, 0.05) is 32.7 Å². The molecule has 110 valence electrons. The fourth-order valence-electron chi connectivity index (χ4n) is 2.14. The molecular weight excluding hydrogens is 242 g/mol. The lowest BCUT2D eigenvalue weighted by atomic mass is 10.2. The SMILES string of the molecule is C=C(C)CN(CC)C(=O)CNC[C@H]1CN(C)CCO1. The van der Waals surface area contributed by atoms with Gasteiger partial charge in [-0.2, -0.15) is 0 Å². The largest absolute Gasteiger partial charge is 0.374 e. The van der Waals surface area contributed by atoms with Crippen LogP contribution in [0.15, 0.2) is 12.2 Å². The molecule has 1 N–H and O–H groups in total. The van der Waals surface area contributed by atoms with Crippen LogP contribution in [0.4, 0.5) is 0 Å². The predicted molar refractivity (Wildman–Crippen MR) is 77.2 cm³/mol. The summed E-state index contributed by atoms with van der Waals surface area (Å²) in [4.78, 5) is 16.0. The van der Waals surface area contributed by atoms with E-state index in [0.29, 0.717) is 13.1 Å². The van der Waals surface area contributed by atoms with E-state index >= 15 is 0 Å². The molecule has 1 aliphatic rings. The van der Waals surface area contributed by atoms with Crippen LogP contribution in [0.5, 0.6) is 0 Å². The summed E-state index contributed by atoms with van der Waals surface area (Å²) in [5, 5.41) is 3.19. The average Bonchev–Trinajstić information content (AvgIpc) is 2.35. The third-order valence-corrected chi connectivity index (χ3v) is 3.19. The molecule has 0 unspecified atom stereocenters. The molecule has 0 aliphatic carbocycles. The summed E-state index contributed by atoms with van der Waals surface area (Å²) in [5.41, 5.74) is 1.01. The molecule has 0 saturated carbocycles. The lowest BCUT2D eigenvalue weighted by molar-refractivity contribution is -0.129. The summed E-state index contributed by atoms with van der Waals surface area (Å²) in [6.07, 6.45) is 0.183. The number of morpholine rings is 1. The maximum atomic E-state index is 12.0. The second kappa shape index (κ2) is 8.30. The number of nitrogens with one attached hydrogen (secondary N) is 1. The molecule has 0 spiro atoms. The van der Waals surface area contributed by atoms with Crippen molar-refractivity contribution in [3.05, 3.63) is 12.2 Å². The highest BCUT2D eigenvalue weighted by molar-refractivity contribution is 5.78. The number of carbonyl (C=O) groups excluding carboxylic acids is 1. The number of rotatable bonds is 7. The fraction of sp³-hybridized carbons (Fsp3) is 0.786. The summed E-state index contributed by atoms with van der Waals surface area (Å²) in [5.74, 6) is 0.120. The molecule has 0 radical (unpaired) electrons. The molecule has 0 aromatic carbocycles. The average molecular weight is 269 g/mol. The molecule has 1 fully saturated rings. The van der Waals surface area contributed by atoms with E-state index in [-0.39, 0.29) is 12.0 Å². The van der Waals surface area contributed by atoms with Crippen molar-refractivity contribution < 1.29 is 9.53 Å². The van der Waals surface area contributed by atoms with Crippen LogP contribution in [-0.2, 0) is 9.53 Å². The van der Waals surface area contributed by atoms with E-state index < -0.39 is 0 Å². The smallest absolute Gasteiger partial charge is 0.236 e. The van der Waals surface area contributed by atoms with Gasteiger partial charge < -0.3 is 19.9 Å². The molecule has 1 saturated heterocycles. The molecule has 19 heavy (non-hydrogen) atoms. The Balaban J connectivity index is 2.23. The molecule has 1 heterocycles. The van der Waals surface area contributed by atoms with E-state index in [2.05, 4.69) is 23.8 Å². The van der Waals surface area contributed by atoms with Gasteiger partial charge in [-0.1, -0.05) is 12.2 Å². The lowest BCUT2D eigenvalue weighted by Gasteiger charge is -2.30. The summed E-state index contributed by atoms with van der Waals surface area (Å²) in [7, 11) is 2.09. The van der Waals surface area contributed by atoms with Crippen molar-refractivity contribution in [2.24, 2.45) is 0 Å². The van der Waals surface area contributed by atoms with E-state index in [4.69, 9.17) is 4.74 Å². The van der Waals surface area contributed by atoms with E-state index in [1.165, 1.54) is 0 Å². The standard InChI is InChI=1S/C14H27N3O2/c1-5-17(10-12(2)3)14(18)9-15-8-13-11-16(4)6-7-19-13/h13,15H,2,5-11H2,1,3-4H3/t13-/m0/s1. The summed E-state index contributed by atoms with van der Waals surface area (Å²) >= 11 is 0. The van der Waals surface area contributed by atoms with E-state index in [0.717, 1.165) is 38.4 Å². The Labute approximate surface area is 116 Å². The fourth-order valence-corrected chi connectivity index (χ4v) is 2.14. The van der Waals surface area contributed by atoms with Crippen LogP contribution < -0.4 is 5.32 Å². The zero-order chi connectivity index (χ0) is 14.3. The number of carbonyl (C=O) groups is 1. The minimum atomic E-state index is 0.120. The third-order valence-electron chi connectivity index (χ3n) is 3.19. The van der Waals surface area contributed by atoms with Crippen LogP contribution >= 0.6 is 0 Å². The van der Waals surface area contributed by atoms with Gasteiger partial charge in [0.25, 0.3) is 0 Å². The van der Waals surface area contributed by atoms with Gasteiger partial charge >= 0.3 is 0 Å². The number of hydrogen-bond donors (Lipinski definition) is 1. The first-order valence-corrected chi connectivity index (χ1v) is 6.96. The molecule has 5 nitrogen and oxygen atoms in total. The first-order chi connectivity index (χ1) is 9.02. The minimum Gasteiger partial charge on any atom is -0.374 e. The van der Waals surface area contributed by atoms with E-state index in [1.54, 1.807) is 0 Å². The Morgan fingerprint density at radius 1 is 1.58 bits per heavy atom. The first kappa shape index (κ1) is 16.1. The molecule has 0 aromatic rings. The van der Waals surface area contributed by atoms with Crippen molar-refractivity contribution in [1.82, 2.24) is 15.1 Å². The Morgan fingerprint density at radius 2 is 2.32 bits per heavy atom. The minimum absolute atomic E-state index is 0.120. The van der Waals surface area contributed by atoms with Crippen LogP contribution in [0.2, 0.25) is 0 Å². The van der Waals surface area contributed by atoms with Crippen LogP contribution in [0.25, 0.3) is 0 Å². The summed E-state index contributed by atoms with van der Waals surface area (Å²) < 4.78 is 5.64. The van der Waals surface area contributed by atoms with Gasteiger partial charge in [0.05, 0.1) is 19.3 Å². The van der Waals surface area contributed by atoms with Crippen LogP contribution in [0.3, 0.4) is 0 Å². The maximum absolute atomic E-state index is 12.0. The number of amides is 1. The molecule has 1 aliphatic heterocycles. The molecule has 0 bridgehead atoms. The quantitative estimate of drug-likeness (QED) is 0.677. The molecule has 0 aromatic heterocycles. The molecule has 5 heteroatoms. The normalized spacial score (nSPS) is 20.3. The monoisotopic (exact) mass is 269 g/mol. The van der Waals surface area contributed by atoms with Gasteiger partial charge in [0.2, 0.25) is 5.91 Å². The predicted octanol–water partition coefficient (Wildman–Crippen LogP) is 0.331. The second-order valence-electron chi connectivity index (χ2n) is 5.25. The van der Waals surface area contributed by atoms with Crippen LogP contribution in [0.1, 0.15) is 13.8 Å². The Bertz CT molecular complexity index is 307. The van der Waals surface area contributed by atoms with Crippen molar-refractivity contribution >= 4 is 5.91 Å². The lowest BCUT2D eigenvalue weighted by Crippen LogP contribution is -2.47. The highest BCUT2D eigenvalue weighted by atomic mass is 16.5. The molecule has 1 atom stereocenters. The maximum Gasteiger partial charge on any atom is 0.236 e. The number of ether oxygens (including phenoxy) is 1. The highest BCUT2D eigenvalue weighted by Gasteiger charge is 2.18. The molecule has 1 rings (SSSR count). The van der Waals surface area contributed by atoms with Crippen molar-refractivity contribution in [2.75, 3.05) is 52.9 Å². The zero-order valence-electron chi connectivity index (χ0n) is 12.4. The molecule has 1 amide bonds. The number of hydrogen-bond acceptors (Lipinski definition) is 4. The van der Waals surface area contributed by atoms with Crippen molar-refractivity contribution in [3.8, 4) is 0 Å². The zero-order valence-corrected chi connectivity index (χ0v) is 12.4. The van der Waals surface area contributed by atoms with Crippen molar-refractivity contribution in [1.29, 1.82) is 0 Å². The Morgan fingerprint density at radius 3 is 2.89 bits per heavy atom. The Kier molecular flexibility index (Phi) is 7.05. The van der Waals surface area contributed by atoms with E-state index in [9.17, 15) is 4.79 Å². The summed E-state index contributed by atoms with van der Waals surface area (Å²) in [6.45, 7) is 12.9. The first-order valence-electron chi connectivity index (χ1n) is 6.96. The van der Waals surface area contributed by atoms with Gasteiger partial charge in [-0.3, -0.25) is 4.79 Å². The van der Waals surface area contributed by atoms with Crippen molar-refractivity contribution in [2.45, 2.75) is 20.0 Å². The highest BCUT2D eigenvalue weighted by Crippen LogP contribution is 2.01. The van der Waals surface area contributed by atoms with Gasteiger partial charge in [-0.05, 0) is 20.9 Å². The van der Waals surface area contributed by atoms with Gasteiger partial charge in [0.15, 0.2) is 0 Å². The topological polar surface area (TPSA) is 44.8 Å². The molecular formula is C14H27N3O2. The van der Waals surface area contributed by atoms with E-state index in [1.807, 2.05) is 18.7 Å². The second-order valence-corrected chi connectivity index (χ2v) is 5.25. The van der Waals surface area contributed by atoms with Crippen LogP contribution in [-0.4, -0.2) is 74.7 Å².